The molecule has 6 nitrogen and oxygen atoms in total. The number of nitrogens with zero attached hydrogens (tertiary/aromatic N) is 3. The van der Waals surface area contributed by atoms with Crippen molar-refractivity contribution in [3.8, 4) is 0 Å². The number of hydrogen-bond acceptors (Lipinski definition) is 5. The highest BCUT2D eigenvalue weighted by molar-refractivity contribution is 5.71. The SMILES string of the molecule is CCOC(=O)CN(C)Cc1cc(=O)n2cc(C)ccc2n1. The number of ether oxygens (including phenoxy) is 1. The zero-order valence-corrected chi connectivity index (χ0v) is 12.5. The maximum absolute atomic E-state index is 12.1. The molecule has 0 unspecified atom stereocenters. The highest BCUT2D eigenvalue weighted by Gasteiger charge is 2.10. The van der Waals surface area contributed by atoms with Crippen LogP contribution in [0.3, 0.4) is 0 Å². The molecule has 2 aromatic heterocycles. The van der Waals surface area contributed by atoms with Gasteiger partial charge in [-0.25, -0.2) is 4.98 Å². The van der Waals surface area contributed by atoms with Crippen LogP contribution in [0.15, 0.2) is 29.2 Å². The van der Waals surface area contributed by atoms with Crippen LogP contribution in [0.25, 0.3) is 5.65 Å². The summed E-state index contributed by atoms with van der Waals surface area (Å²) >= 11 is 0. The first kappa shape index (κ1) is 15.2. The molecule has 0 radical (unpaired) electrons. The van der Waals surface area contributed by atoms with Gasteiger partial charge in [0.25, 0.3) is 5.56 Å². The maximum atomic E-state index is 12.1. The van der Waals surface area contributed by atoms with Gasteiger partial charge in [-0.1, -0.05) is 6.07 Å². The second-order valence-corrected chi connectivity index (χ2v) is 5.00. The van der Waals surface area contributed by atoms with Crippen LogP contribution in [0.2, 0.25) is 0 Å². The minimum absolute atomic E-state index is 0.122. The number of pyridine rings is 1. The summed E-state index contributed by atoms with van der Waals surface area (Å²) in [6.45, 7) is 4.64. The Bertz CT molecular complexity index is 709. The largest absolute Gasteiger partial charge is 0.465 e. The van der Waals surface area contributed by atoms with Gasteiger partial charge < -0.3 is 4.74 Å². The molecular formula is C15H19N3O3. The van der Waals surface area contributed by atoms with Gasteiger partial charge in [0.2, 0.25) is 0 Å². The molecule has 0 atom stereocenters. The summed E-state index contributed by atoms with van der Waals surface area (Å²) in [7, 11) is 1.79. The van der Waals surface area contributed by atoms with Crippen molar-refractivity contribution in [2.24, 2.45) is 0 Å². The third kappa shape index (κ3) is 3.88. The first-order valence-electron chi connectivity index (χ1n) is 6.82. The number of esters is 1. The third-order valence-corrected chi connectivity index (χ3v) is 3.00. The molecule has 0 aliphatic heterocycles. The number of hydrogen-bond donors (Lipinski definition) is 0. The number of carbonyl (C=O) groups excluding carboxylic acids is 1. The molecule has 2 aromatic rings. The lowest BCUT2D eigenvalue weighted by molar-refractivity contribution is -0.144. The van der Waals surface area contributed by atoms with E-state index in [1.165, 1.54) is 10.5 Å². The molecule has 2 rings (SSSR count). The molecule has 6 heteroatoms. The monoisotopic (exact) mass is 289 g/mol. The van der Waals surface area contributed by atoms with Crippen LogP contribution in [0.5, 0.6) is 0 Å². The first-order chi connectivity index (χ1) is 9.99. The molecule has 0 aliphatic rings. The average molecular weight is 289 g/mol. The van der Waals surface area contributed by atoms with Crippen LogP contribution in [0, 0.1) is 6.92 Å². The smallest absolute Gasteiger partial charge is 0.320 e. The molecule has 0 bridgehead atoms. The van der Waals surface area contributed by atoms with Crippen molar-refractivity contribution in [3.63, 3.8) is 0 Å². The quantitative estimate of drug-likeness (QED) is 0.768. The molecule has 0 aliphatic carbocycles. The number of aryl methyl sites for hydroxylation is 1. The standard InChI is InChI=1S/C15H19N3O3/c1-4-21-15(20)10-17(3)9-12-7-14(19)18-8-11(2)5-6-13(18)16-12/h5-8H,4,9-10H2,1-3H3. The van der Waals surface area contributed by atoms with E-state index in [1.54, 1.807) is 25.1 Å². The van der Waals surface area contributed by atoms with Gasteiger partial charge in [0.1, 0.15) is 5.65 Å². The zero-order chi connectivity index (χ0) is 15.4. The van der Waals surface area contributed by atoms with Gasteiger partial charge in [0.05, 0.1) is 18.8 Å². The van der Waals surface area contributed by atoms with E-state index in [4.69, 9.17) is 4.74 Å². The van der Waals surface area contributed by atoms with Crippen molar-refractivity contribution in [3.05, 3.63) is 46.0 Å². The third-order valence-electron chi connectivity index (χ3n) is 3.00. The van der Waals surface area contributed by atoms with E-state index in [0.29, 0.717) is 24.5 Å². The summed E-state index contributed by atoms with van der Waals surface area (Å²) in [5, 5.41) is 0. The number of carbonyl (C=O) groups is 1. The van der Waals surface area contributed by atoms with Crippen LogP contribution in [-0.2, 0) is 16.1 Å². The Kier molecular flexibility index (Phi) is 4.70. The predicted octanol–water partition coefficient (Wildman–Crippen LogP) is 0.998. The van der Waals surface area contributed by atoms with Gasteiger partial charge in [0, 0.05) is 18.8 Å². The van der Waals surface area contributed by atoms with Gasteiger partial charge in [-0.05, 0) is 32.5 Å². The maximum Gasteiger partial charge on any atom is 0.320 e. The minimum Gasteiger partial charge on any atom is -0.465 e. The van der Waals surface area contributed by atoms with Gasteiger partial charge in [-0.2, -0.15) is 0 Å². The molecule has 0 fully saturated rings. The molecule has 21 heavy (non-hydrogen) atoms. The van der Waals surface area contributed by atoms with Crippen molar-refractivity contribution < 1.29 is 9.53 Å². The summed E-state index contributed by atoms with van der Waals surface area (Å²) in [5.74, 6) is -0.284. The van der Waals surface area contributed by atoms with Crippen molar-refractivity contribution >= 4 is 11.6 Å². The van der Waals surface area contributed by atoms with Crippen LogP contribution < -0.4 is 5.56 Å². The lowest BCUT2D eigenvalue weighted by Crippen LogP contribution is -2.28. The molecule has 0 saturated heterocycles. The number of fused-ring (bicyclic) bond motifs is 1. The average Bonchev–Trinajstić information content (AvgIpc) is 2.39. The molecule has 0 N–H and O–H groups in total. The Morgan fingerprint density at radius 1 is 1.43 bits per heavy atom. The normalized spacial score (nSPS) is 11.0. The minimum atomic E-state index is -0.284. The number of rotatable bonds is 5. The van der Waals surface area contributed by atoms with E-state index in [-0.39, 0.29) is 18.1 Å². The number of aromatic nitrogens is 2. The highest BCUT2D eigenvalue weighted by Crippen LogP contribution is 2.04. The van der Waals surface area contributed by atoms with Gasteiger partial charge in [-0.3, -0.25) is 18.9 Å². The molecule has 0 amide bonds. The van der Waals surface area contributed by atoms with E-state index in [0.717, 1.165) is 5.56 Å². The first-order valence-corrected chi connectivity index (χ1v) is 6.82. The second kappa shape index (κ2) is 6.49. The lowest BCUT2D eigenvalue weighted by atomic mass is 10.3. The predicted molar refractivity (Wildman–Crippen MR) is 79.2 cm³/mol. The zero-order valence-electron chi connectivity index (χ0n) is 12.5. The molecule has 0 aromatic carbocycles. The fraction of sp³-hybridized carbons (Fsp3) is 0.400. The lowest BCUT2D eigenvalue weighted by Gasteiger charge is -2.15. The second-order valence-electron chi connectivity index (χ2n) is 5.00. The topological polar surface area (TPSA) is 63.9 Å². The van der Waals surface area contributed by atoms with Crippen molar-refractivity contribution in [1.29, 1.82) is 0 Å². The highest BCUT2D eigenvalue weighted by atomic mass is 16.5. The molecular weight excluding hydrogens is 270 g/mol. The summed E-state index contributed by atoms with van der Waals surface area (Å²) < 4.78 is 6.41. The summed E-state index contributed by atoms with van der Waals surface area (Å²) in [4.78, 5) is 29.7. The molecule has 112 valence electrons. The van der Waals surface area contributed by atoms with E-state index < -0.39 is 0 Å². The van der Waals surface area contributed by atoms with Crippen LogP contribution in [0.1, 0.15) is 18.2 Å². The summed E-state index contributed by atoms with van der Waals surface area (Å²) in [5.41, 5.74) is 2.12. The van der Waals surface area contributed by atoms with E-state index in [2.05, 4.69) is 4.98 Å². The Hall–Kier alpha value is -2.21. The fourth-order valence-corrected chi connectivity index (χ4v) is 2.10. The fourth-order valence-electron chi connectivity index (χ4n) is 2.10. The van der Waals surface area contributed by atoms with Crippen molar-refractivity contribution in [2.75, 3.05) is 20.2 Å². The van der Waals surface area contributed by atoms with E-state index in [1.807, 2.05) is 19.1 Å². The van der Waals surface area contributed by atoms with E-state index in [9.17, 15) is 9.59 Å². The van der Waals surface area contributed by atoms with Crippen molar-refractivity contribution in [1.82, 2.24) is 14.3 Å². The summed E-state index contributed by atoms with van der Waals surface area (Å²) in [6.07, 6.45) is 1.76. The molecule has 0 spiro atoms. The van der Waals surface area contributed by atoms with Crippen molar-refractivity contribution in [2.45, 2.75) is 20.4 Å². The molecule has 2 heterocycles. The number of likely N-dealkylation sites (N-methyl/N-ethyl adjacent to an activating group) is 1. The Morgan fingerprint density at radius 3 is 2.90 bits per heavy atom. The Labute approximate surface area is 123 Å². The Balaban J connectivity index is 2.18. The van der Waals surface area contributed by atoms with Crippen LogP contribution in [0.4, 0.5) is 0 Å². The van der Waals surface area contributed by atoms with Gasteiger partial charge in [0.15, 0.2) is 0 Å². The van der Waals surface area contributed by atoms with Gasteiger partial charge >= 0.3 is 5.97 Å². The summed E-state index contributed by atoms with van der Waals surface area (Å²) in [6, 6.07) is 5.22. The molecule has 0 saturated carbocycles. The van der Waals surface area contributed by atoms with Gasteiger partial charge in [-0.15, -0.1) is 0 Å². The van der Waals surface area contributed by atoms with E-state index >= 15 is 0 Å². The Morgan fingerprint density at radius 2 is 2.19 bits per heavy atom. The van der Waals surface area contributed by atoms with Crippen LogP contribution >= 0.6 is 0 Å². The van der Waals surface area contributed by atoms with Crippen LogP contribution in [-0.4, -0.2) is 40.5 Å².